The smallest absolute Gasteiger partial charge is 0.109 e. The predicted molar refractivity (Wildman–Crippen MR) is 53.2 cm³/mol. The van der Waals surface area contributed by atoms with Gasteiger partial charge in [0, 0.05) is 0 Å². The third kappa shape index (κ3) is 1.26. The number of benzene rings is 1. The number of fused-ring (bicyclic) bond motifs is 3. The van der Waals surface area contributed by atoms with Crippen LogP contribution in [-0.2, 0) is 15.9 Å². The summed E-state index contributed by atoms with van der Waals surface area (Å²) in [4.78, 5) is 0. The van der Waals surface area contributed by atoms with E-state index in [0.29, 0.717) is 6.10 Å². The Bertz CT molecular complexity index is 335. The highest BCUT2D eigenvalue weighted by atomic mass is 16.6. The molecule has 2 unspecified atom stereocenters. The molecule has 2 atom stereocenters. The molecule has 1 aliphatic carbocycles. The molecule has 2 nitrogen and oxygen atoms in total. The molecule has 1 heterocycles. The maximum atomic E-state index is 5.78. The minimum absolute atomic E-state index is 0.189. The van der Waals surface area contributed by atoms with E-state index < -0.39 is 0 Å². The number of ether oxygens (including phenoxy) is 2. The van der Waals surface area contributed by atoms with Gasteiger partial charge in [-0.15, -0.1) is 0 Å². The van der Waals surface area contributed by atoms with Crippen molar-refractivity contribution in [3.8, 4) is 0 Å². The van der Waals surface area contributed by atoms with Gasteiger partial charge in [0.2, 0.25) is 0 Å². The largest absolute Gasteiger partial charge is 0.373 e. The molecule has 1 saturated heterocycles. The van der Waals surface area contributed by atoms with Crippen molar-refractivity contribution in [2.24, 2.45) is 0 Å². The van der Waals surface area contributed by atoms with Gasteiger partial charge in [0.25, 0.3) is 0 Å². The highest BCUT2D eigenvalue weighted by Gasteiger charge is 2.32. The number of rotatable bonds is 0. The molecule has 0 N–H and O–H groups in total. The summed E-state index contributed by atoms with van der Waals surface area (Å²) in [5.41, 5.74) is 2.77. The van der Waals surface area contributed by atoms with Crippen molar-refractivity contribution in [3.05, 3.63) is 35.4 Å². The highest BCUT2D eigenvalue weighted by molar-refractivity contribution is 5.32. The zero-order chi connectivity index (χ0) is 9.38. The maximum absolute atomic E-state index is 5.78. The summed E-state index contributed by atoms with van der Waals surface area (Å²) in [6, 6.07) is 8.55. The van der Waals surface area contributed by atoms with Gasteiger partial charge in [-0.3, -0.25) is 0 Å². The molecule has 0 radical (unpaired) electrons. The molecule has 0 bridgehead atoms. The first-order chi connectivity index (χ1) is 6.95. The molecule has 0 aromatic heterocycles. The summed E-state index contributed by atoms with van der Waals surface area (Å²) in [5, 5.41) is 0. The SMILES string of the molecule is c1ccc2c(c1)CCC1OCCOC21. The lowest BCUT2D eigenvalue weighted by atomic mass is 9.87. The lowest BCUT2D eigenvalue weighted by Gasteiger charge is -2.36. The fourth-order valence-electron chi connectivity index (χ4n) is 2.43. The molecule has 3 rings (SSSR count). The van der Waals surface area contributed by atoms with Crippen LogP contribution in [0, 0.1) is 0 Å². The van der Waals surface area contributed by atoms with E-state index in [1.165, 1.54) is 11.1 Å². The Hall–Kier alpha value is -0.860. The minimum Gasteiger partial charge on any atom is -0.373 e. The fraction of sp³-hybridized carbons (Fsp3) is 0.500. The Kier molecular flexibility index (Phi) is 2.03. The molecule has 1 aromatic rings. The summed E-state index contributed by atoms with van der Waals surface area (Å²) in [6.45, 7) is 1.48. The van der Waals surface area contributed by atoms with Crippen LogP contribution in [0.2, 0.25) is 0 Å². The van der Waals surface area contributed by atoms with Gasteiger partial charge in [-0.05, 0) is 24.0 Å². The average molecular weight is 190 g/mol. The van der Waals surface area contributed by atoms with Crippen molar-refractivity contribution < 1.29 is 9.47 Å². The Labute approximate surface area is 83.8 Å². The van der Waals surface area contributed by atoms with Crippen LogP contribution < -0.4 is 0 Å². The molecule has 74 valence electrons. The maximum Gasteiger partial charge on any atom is 0.109 e. The zero-order valence-corrected chi connectivity index (χ0v) is 8.11. The van der Waals surface area contributed by atoms with Crippen LogP contribution in [0.1, 0.15) is 23.7 Å². The molecular formula is C12H14O2. The van der Waals surface area contributed by atoms with Crippen molar-refractivity contribution in [1.29, 1.82) is 0 Å². The lowest BCUT2D eigenvalue weighted by Crippen LogP contribution is -2.35. The summed E-state index contributed by atoms with van der Waals surface area (Å²) in [7, 11) is 0. The summed E-state index contributed by atoms with van der Waals surface area (Å²) in [6.07, 6.45) is 2.70. The van der Waals surface area contributed by atoms with E-state index in [9.17, 15) is 0 Å². The molecule has 1 fully saturated rings. The number of hydrogen-bond donors (Lipinski definition) is 0. The number of aryl methyl sites for hydroxylation is 1. The van der Waals surface area contributed by atoms with Gasteiger partial charge in [-0.2, -0.15) is 0 Å². The van der Waals surface area contributed by atoms with Gasteiger partial charge in [0.05, 0.1) is 19.3 Å². The quantitative estimate of drug-likeness (QED) is 0.623. The van der Waals surface area contributed by atoms with Crippen LogP contribution in [0.15, 0.2) is 24.3 Å². The molecule has 1 aliphatic heterocycles. The van der Waals surface area contributed by atoms with Crippen LogP contribution in [0.3, 0.4) is 0 Å². The predicted octanol–water partition coefficient (Wildman–Crippen LogP) is 2.09. The van der Waals surface area contributed by atoms with Gasteiger partial charge >= 0.3 is 0 Å². The highest BCUT2D eigenvalue weighted by Crippen LogP contribution is 2.36. The molecule has 2 aliphatic rings. The first-order valence-electron chi connectivity index (χ1n) is 5.26. The van der Waals surface area contributed by atoms with Crippen LogP contribution in [0.25, 0.3) is 0 Å². The molecule has 0 amide bonds. The van der Waals surface area contributed by atoms with Crippen molar-refractivity contribution in [2.75, 3.05) is 13.2 Å². The minimum atomic E-state index is 0.189. The summed E-state index contributed by atoms with van der Waals surface area (Å²) >= 11 is 0. The normalized spacial score (nSPS) is 30.6. The van der Waals surface area contributed by atoms with Gasteiger partial charge < -0.3 is 9.47 Å². The average Bonchev–Trinajstić information content (AvgIpc) is 2.29. The second-order valence-corrected chi connectivity index (χ2v) is 3.94. The Balaban J connectivity index is 1.99. The van der Waals surface area contributed by atoms with Crippen LogP contribution in [0.5, 0.6) is 0 Å². The molecule has 1 aromatic carbocycles. The van der Waals surface area contributed by atoms with Crippen molar-refractivity contribution in [2.45, 2.75) is 25.0 Å². The van der Waals surface area contributed by atoms with E-state index in [0.717, 1.165) is 26.1 Å². The topological polar surface area (TPSA) is 18.5 Å². The van der Waals surface area contributed by atoms with E-state index in [-0.39, 0.29) is 6.10 Å². The van der Waals surface area contributed by atoms with E-state index in [1.807, 2.05) is 0 Å². The molecule has 14 heavy (non-hydrogen) atoms. The first kappa shape index (κ1) is 8.45. The summed E-state index contributed by atoms with van der Waals surface area (Å²) < 4.78 is 11.5. The molecular weight excluding hydrogens is 176 g/mol. The van der Waals surface area contributed by atoms with Gasteiger partial charge in [-0.1, -0.05) is 24.3 Å². The molecule has 2 heteroatoms. The third-order valence-corrected chi connectivity index (χ3v) is 3.11. The second-order valence-electron chi connectivity index (χ2n) is 3.94. The van der Waals surface area contributed by atoms with Crippen LogP contribution in [-0.4, -0.2) is 19.3 Å². The molecule has 0 saturated carbocycles. The van der Waals surface area contributed by atoms with Crippen LogP contribution >= 0.6 is 0 Å². The Morgan fingerprint density at radius 3 is 2.93 bits per heavy atom. The molecule has 0 spiro atoms. The van der Waals surface area contributed by atoms with E-state index in [4.69, 9.17) is 9.47 Å². The summed E-state index contributed by atoms with van der Waals surface area (Å²) in [5.74, 6) is 0. The van der Waals surface area contributed by atoms with Gasteiger partial charge in [-0.25, -0.2) is 0 Å². The fourth-order valence-corrected chi connectivity index (χ4v) is 2.43. The standard InChI is InChI=1S/C12H14O2/c1-2-4-10-9(3-1)5-6-11-12(10)14-8-7-13-11/h1-4,11-12H,5-8H2. The van der Waals surface area contributed by atoms with Gasteiger partial charge in [0.15, 0.2) is 0 Å². The Morgan fingerprint density at radius 1 is 1.07 bits per heavy atom. The number of hydrogen-bond acceptors (Lipinski definition) is 2. The second kappa shape index (κ2) is 3.37. The van der Waals surface area contributed by atoms with E-state index >= 15 is 0 Å². The lowest BCUT2D eigenvalue weighted by molar-refractivity contribution is -0.148. The van der Waals surface area contributed by atoms with Crippen molar-refractivity contribution in [1.82, 2.24) is 0 Å². The van der Waals surface area contributed by atoms with E-state index in [1.54, 1.807) is 0 Å². The Morgan fingerprint density at radius 2 is 1.93 bits per heavy atom. The monoisotopic (exact) mass is 190 g/mol. The third-order valence-electron chi connectivity index (χ3n) is 3.11. The van der Waals surface area contributed by atoms with E-state index in [2.05, 4.69) is 24.3 Å². The van der Waals surface area contributed by atoms with Crippen LogP contribution in [0.4, 0.5) is 0 Å². The zero-order valence-electron chi connectivity index (χ0n) is 8.11. The van der Waals surface area contributed by atoms with Crippen molar-refractivity contribution in [3.63, 3.8) is 0 Å². The van der Waals surface area contributed by atoms with Crippen molar-refractivity contribution >= 4 is 0 Å². The van der Waals surface area contributed by atoms with Gasteiger partial charge in [0.1, 0.15) is 6.10 Å². The first-order valence-corrected chi connectivity index (χ1v) is 5.26.